The summed E-state index contributed by atoms with van der Waals surface area (Å²) in [7, 11) is 0. The predicted octanol–water partition coefficient (Wildman–Crippen LogP) is 4.26. The molecule has 5 aliphatic carbocycles. The molecule has 2 N–H and O–H groups in total. The number of primary amides is 1. The number of ether oxygens (including phenoxy) is 1. The van der Waals surface area contributed by atoms with Gasteiger partial charge in [0.05, 0.1) is 12.2 Å². The highest BCUT2D eigenvalue weighted by atomic mass is 16.5. The van der Waals surface area contributed by atoms with Crippen LogP contribution in [0.3, 0.4) is 0 Å². The van der Waals surface area contributed by atoms with E-state index in [0.717, 1.165) is 30.1 Å². The number of benzene rings is 1. The Morgan fingerprint density at radius 1 is 1.08 bits per heavy atom. The summed E-state index contributed by atoms with van der Waals surface area (Å²) >= 11 is 0. The van der Waals surface area contributed by atoms with Crippen LogP contribution in [0.4, 0.5) is 0 Å². The van der Waals surface area contributed by atoms with Gasteiger partial charge in [-0.05, 0) is 86.7 Å². The molecule has 5 saturated carbocycles. The van der Waals surface area contributed by atoms with Crippen LogP contribution in [0.5, 0.6) is 5.75 Å². The minimum absolute atomic E-state index is 0.361. The van der Waals surface area contributed by atoms with Crippen LogP contribution in [-0.4, -0.2) is 12.5 Å². The van der Waals surface area contributed by atoms with Crippen molar-refractivity contribution in [3.05, 3.63) is 29.3 Å². The monoisotopic (exact) mass is 325 g/mol. The molecule has 0 aromatic heterocycles. The largest absolute Gasteiger partial charge is 0.492 e. The minimum atomic E-state index is -0.363. The molecule has 0 heterocycles. The summed E-state index contributed by atoms with van der Waals surface area (Å²) < 4.78 is 6.41. The molecule has 0 saturated heterocycles. The van der Waals surface area contributed by atoms with Crippen molar-refractivity contribution in [2.24, 2.45) is 28.9 Å². The molecule has 0 atom stereocenters. The molecule has 4 bridgehead atoms. The molecule has 0 unspecified atom stereocenters. The van der Waals surface area contributed by atoms with Crippen LogP contribution < -0.4 is 10.5 Å². The first-order valence-electron chi connectivity index (χ1n) is 9.67. The fourth-order valence-electron chi connectivity index (χ4n) is 6.32. The van der Waals surface area contributed by atoms with Crippen molar-refractivity contribution in [1.82, 2.24) is 0 Å². The third kappa shape index (κ3) is 2.44. The zero-order valence-electron chi connectivity index (χ0n) is 14.3. The molecule has 0 radical (unpaired) electrons. The Bertz CT molecular complexity index is 641. The van der Waals surface area contributed by atoms with Gasteiger partial charge >= 0.3 is 0 Å². The zero-order chi connectivity index (χ0) is 16.3. The maximum Gasteiger partial charge on any atom is 0.252 e. The molecular formula is C21H27NO2. The molecule has 3 nitrogen and oxygen atoms in total. The molecule has 1 aromatic carbocycles. The van der Waals surface area contributed by atoms with Crippen molar-refractivity contribution in [2.75, 3.05) is 6.61 Å². The molecule has 24 heavy (non-hydrogen) atoms. The molecule has 1 amide bonds. The van der Waals surface area contributed by atoms with Crippen molar-refractivity contribution in [1.29, 1.82) is 0 Å². The lowest BCUT2D eigenvalue weighted by atomic mass is 9.50. The zero-order valence-corrected chi connectivity index (χ0v) is 14.3. The predicted molar refractivity (Wildman–Crippen MR) is 93.0 cm³/mol. The van der Waals surface area contributed by atoms with Crippen molar-refractivity contribution >= 4 is 5.91 Å². The van der Waals surface area contributed by atoms with Gasteiger partial charge in [-0.1, -0.05) is 12.1 Å². The summed E-state index contributed by atoms with van der Waals surface area (Å²) in [5, 5.41) is 0. The van der Waals surface area contributed by atoms with Gasteiger partial charge in [0.15, 0.2) is 0 Å². The number of rotatable bonds is 5. The number of para-hydroxylation sites is 1. The minimum Gasteiger partial charge on any atom is -0.492 e. The van der Waals surface area contributed by atoms with Gasteiger partial charge in [0, 0.05) is 5.41 Å². The van der Waals surface area contributed by atoms with Crippen LogP contribution in [0.15, 0.2) is 18.2 Å². The van der Waals surface area contributed by atoms with Gasteiger partial charge in [-0.25, -0.2) is 0 Å². The standard InChI is InChI=1S/C21H27NO2/c22-20(23)18-3-1-2-17(16-4-5-16)19(18)24-12-21-9-13-6-14(10-21)8-15(7-13)11-21/h1-3,13-16H,4-12H2,(H2,22,23). The van der Waals surface area contributed by atoms with E-state index >= 15 is 0 Å². The van der Waals surface area contributed by atoms with Crippen LogP contribution in [0.2, 0.25) is 0 Å². The molecule has 128 valence electrons. The van der Waals surface area contributed by atoms with Crippen LogP contribution in [0.25, 0.3) is 0 Å². The van der Waals surface area contributed by atoms with Gasteiger partial charge in [0.1, 0.15) is 5.75 Å². The van der Waals surface area contributed by atoms with Crippen LogP contribution in [0, 0.1) is 23.2 Å². The van der Waals surface area contributed by atoms with Gasteiger partial charge in [-0.3, -0.25) is 4.79 Å². The Labute approximate surface area is 143 Å². The number of hydrogen-bond acceptors (Lipinski definition) is 2. The normalized spacial score (nSPS) is 36.8. The van der Waals surface area contributed by atoms with Gasteiger partial charge < -0.3 is 10.5 Å². The van der Waals surface area contributed by atoms with Gasteiger partial charge in [-0.15, -0.1) is 0 Å². The van der Waals surface area contributed by atoms with Gasteiger partial charge in [-0.2, -0.15) is 0 Å². The van der Waals surface area contributed by atoms with E-state index in [-0.39, 0.29) is 5.91 Å². The smallest absolute Gasteiger partial charge is 0.252 e. The molecule has 0 spiro atoms. The number of amides is 1. The highest BCUT2D eigenvalue weighted by Gasteiger charge is 2.51. The topological polar surface area (TPSA) is 52.3 Å². The maximum atomic E-state index is 11.9. The first kappa shape index (κ1) is 14.8. The van der Waals surface area contributed by atoms with E-state index < -0.39 is 0 Å². The molecule has 3 heteroatoms. The fourth-order valence-corrected chi connectivity index (χ4v) is 6.32. The number of nitrogens with two attached hydrogens (primary N) is 1. The molecule has 1 aromatic rings. The second-order valence-electron chi connectivity index (χ2n) is 9.07. The van der Waals surface area contributed by atoms with E-state index in [4.69, 9.17) is 10.5 Å². The first-order chi connectivity index (χ1) is 11.6. The summed E-state index contributed by atoms with van der Waals surface area (Å²) in [6.07, 6.45) is 10.7. The summed E-state index contributed by atoms with van der Waals surface area (Å²) in [6, 6.07) is 5.90. The van der Waals surface area contributed by atoms with Crippen LogP contribution in [0.1, 0.15) is 73.2 Å². The lowest BCUT2D eigenvalue weighted by Gasteiger charge is -2.56. The molecule has 5 aliphatic rings. The first-order valence-corrected chi connectivity index (χ1v) is 9.67. The lowest BCUT2D eigenvalue weighted by molar-refractivity contribution is -0.0747. The van der Waals surface area contributed by atoms with Crippen molar-refractivity contribution < 1.29 is 9.53 Å². The van der Waals surface area contributed by atoms with Crippen molar-refractivity contribution in [2.45, 2.75) is 57.3 Å². The fraction of sp³-hybridized carbons (Fsp3) is 0.667. The summed E-state index contributed by atoms with van der Waals surface area (Å²) in [5.41, 5.74) is 7.76. The number of carbonyl (C=O) groups is 1. The Kier molecular flexibility index (Phi) is 3.23. The molecule has 5 fully saturated rings. The second kappa shape index (κ2) is 5.24. The quantitative estimate of drug-likeness (QED) is 0.879. The third-order valence-corrected chi connectivity index (χ3v) is 7.02. The van der Waals surface area contributed by atoms with E-state index in [0.29, 0.717) is 16.9 Å². The van der Waals surface area contributed by atoms with Crippen LogP contribution >= 0.6 is 0 Å². The molecule has 0 aliphatic heterocycles. The summed E-state index contributed by atoms with van der Waals surface area (Å²) in [6.45, 7) is 0.778. The Hall–Kier alpha value is -1.51. The Balaban J connectivity index is 1.41. The Morgan fingerprint density at radius 2 is 1.71 bits per heavy atom. The lowest BCUT2D eigenvalue weighted by Crippen LogP contribution is -2.48. The summed E-state index contributed by atoms with van der Waals surface area (Å²) in [5.74, 6) is 3.77. The van der Waals surface area contributed by atoms with E-state index in [9.17, 15) is 4.79 Å². The second-order valence-corrected chi connectivity index (χ2v) is 9.07. The average Bonchev–Trinajstić information content (AvgIpc) is 3.36. The van der Waals surface area contributed by atoms with Crippen LogP contribution in [-0.2, 0) is 0 Å². The SMILES string of the molecule is NC(=O)c1cccc(C2CC2)c1OCC12CC3CC(CC(C3)C1)C2. The van der Waals surface area contributed by atoms with E-state index in [1.54, 1.807) is 0 Å². The Morgan fingerprint density at radius 3 is 2.25 bits per heavy atom. The van der Waals surface area contributed by atoms with E-state index in [1.165, 1.54) is 56.9 Å². The average molecular weight is 325 g/mol. The highest BCUT2D eigenvalue weighted by Crippen LogP contribution is 2.60. The maximum absolute atomic E-state index is 11.9. The van der Waals surface area contributed by atoms with Gasteiger partial charge in [0.2, 0.25) is 0 Å². The number of hydrogen-bond donors (Lipinski definition) is 1. The third-order valence-electron chi connectivity index (χ3n) is 7.02. The summed E-state index contributed by atoms with van der Waals surface area (Å²) in [4.78, 5) is 11.9. The van der Waals surface area contributed by atoms with Crippen molar-refractivity contribution in [3.8, 4) is 5.75 Å². The van der Waals surface area contributed by atoms with E-state index in [1.807, 2.05) is 12.1 Å². The van der Waals surface area contributed by atoms with Crippen molar-refractivity contribution in [3.63, 3.8) is 0 Å². The highest BCUT2D eigenvalue weighted by molar-refractivity contribution is 5.96. The van der Waals surface area contributed by atoms with E-state index in [2.05, 4.69) is 6.07 Å². The molecule has 6 rings (SSSR count). The molecular weight excluding hydrogens is 298 g/mol. The number of carbonyl (C=O) groups excluding carboxylic acids is 1. The van der Waals surface area contributed by atoms with Gasteiger partial charge in [0.25, 0.3) is 5.91 Å².